The summed E-state index contributed by atoms with van der Waals surface area (Å²) in [6, 6.07) is 3.55. The maximum Gasteiger partial charge on any atom is 0.303 e. The van der Waals surface area contributed by atoms with E-state index in [-0.39, 0.29) is 12.3 Å². The van der Waals surface area contributed by atoms with Crippen molar-refractivity contribution >= 4 is 33.6 Å². The Balaban J connectivity index is 1.94. The van der Waals surface area contributed by atoms with E-state index in [1.54, 1.807) is 18.3 Å². The zero-order valence-corrected chi connectivity index (χ0v) is 10.2. The number of rotatable bonds is 5. The molecular weight excluding hydrogens is 254 g/mol. The molecule has 94 valence electrons. The lowest BCUT2D eigenvalue weighted by Gasteiger charge is -2.00. The molecule has 0 aliphatic rings. The first kappa shape index (κ1) is 12.4. The van der Waals surface area contributed by atoms with Gasteiger partial charge in [0, 0.05) is 19.2 Å². The van der Waals surface area contributed by atoms with Gasteiger partial charge in [0.15, 0.2) is 5.01 Å². The number of fused-ring (bicyclic) bond motifs is 1. The van der Waals surface area contributed by atoms with Gasteiger partial charge in [-0.15, -0.1) is 0 Å². The fourth-order valence-corrected chi connectivity index (χ4v) is 2.21. The summed E-state index contributed by atoms with van der Waals surface area (Å²) in [6.07, 6.45) is 2.10. The maximum atomic E-state index is 11.7. The maximum absolute atomic E-state index is 11.7. The molecule has 2 heterocycles. The van der Waals surface area contributed by atoms with Crippen molar-refractivity contribution in [3.8, 4) is 0 Å². The number of carboxylic acid groups (broad SMARTS) is 1. The third-order valence-corrected chi connectivity index (χ3v) is 3.19. The molecular formula is C11H11N3O3S. The standard InChI is InChI=1S/C11H11N3O3S/c15-8(16)4-2-5-12-9(17)11-14-7-3-1-6-13-10(7)18-11/h1,3,6H,2,4-5H2,(H,12,17)(H,15,16). The molecule has 0 aromatic carbocycles. The number of hydrogen-bond donors (Lipinski definition) is 2. The first-order chi connectivity index (χ1) is 8.66. The van der Waals surface area contributed by atoms with Crippen LogP contribution in [-0.4, -0.2) is 33.5 Å². The Morgan fingerprint density at radius 3 is 3.00 bits per heavy atom. The van der Waals surface area contributed by atoms with E-state index in [4.69, 9.17) is 5.11 Å². The van der Waals surface area contributed by atoms with Crippen molar-refractivity contribution in [1.29, 1.82) is 0 Å². The van der Waals surface area contributed by atoms with Gasteiger partial charge in [0.25, 0.3) is 5.91 Å². The van der Waals surface area contributed by atoms with E-state index in [0.717, 1.165) is 0 Å². The van der Waals surface area contributed by atoms with Crippen LogP contribution in [0.2, 0.25) is 0 Å². The van der Waals surface area contributed by atoms with Crippen LogP contribution in [0.4, 0.5) is 0 Å². The van der Waals surface area contributed by atoms with Crippen molar-refractivity contribution in [2.75, 3.05) is 6.54 Å². The van der Waals surface area contributed by atoms with Crippen LogP contribution >= 0.6 is 11.3 Å². The molecule has 0 saturated carbocycles. The average molecular weight is 265 g/mol. The monoisotopic (exact) mass is 265 g/mol. The van der Waals surface area contributed by atoms with E-state index in [0.29, 0.717) is 28.3 Å². The second-order valence-electron chi connectivity index (χ2n) is 3.60. The van der Waals surface area contributed by atoms with Gasteiger partial charge in [-0.2, -0.15) is 0 Å². The Morgan fingerprint density at radius 2 is 2.28 bits per heavy atom. The molecule has 1 amide bonds. The molecule has 2 N–H and O–H groups in total. The van der Waals surface area contributed by atoms with E-state index in [1.165, 1.54) is 11.3 Å². The zero-order valence-electron chi connectivity index (χ0n) is 9.42. The predicted molar refractivity (Wildman–Crippen MR) is 66.6 cm³/mol. The van der Waals surface area contributed by atoms with Gasteiger partial charge in [-0.05, 0) is 18.6 Å². The van der Waals surface area contributed by atoms with Gasteiger partial charge in [0.05, 0.1) is 0 Å². The van der Waals surface area contributed by atoms with Crippen LogP contribution < -0.4 is 5.32 Å². The number of carbonyl (C=O) groups excluding carboxylic acids is 1. The minimum absolute atomic E-state index is 0.0433. The molecule has 0 aliphatic carbocycles. The van der Waals surface area contributed by atoms with Crippen molar-refractivity contribution in [2.24, 2.45) is 0 Å². The summed E-state index contributed by atoms with van der Waals surface area (Å²) in [6.45, 7) is 0.328. The molecule has 7 heteroatoms. The van der Waals surface area contributed by atoms with Crippen LogP contribution in [0.15, 0.2) is 18.3 Å². The van der Waals surface area contributed by atoms with Crippen LogP contribution in [0.25, 0.3) is 10.3 Å². The van der Waals surface area contributed by atoms with E-state index < -0.39 is 5.97 Å². The van der Waals surface area contributed by atoms with Crippen molar-refractivity contribution in [1.82, 2.24) is 15.3 Å². The fraction of sp³-hybridized carbons (Fsp3) is 0.273. The summed E-state index contributed by atoms with van der Waals surface area (Å²) in [7, 11) is 0. The third-order valence-electron chi connectivity index (χ3n) is 2.21. The number of amides is 1. The Hall–Kier alpha value is -2.02. The van der Waals surface area contributed by atoms with E-state index in [2.05, 4.69) is 15.3 Å². The minimum Gasteiger partial charge on any atom is -0.481 e. The van der Waals surface area contributed by atoms with E-state index >= 15 is 0 Å². The van der Waals surface area contributed by atoms with Crippen molar-refractivity contribution in [3.63, 3.8) is 0 Å². The molecule has 0 atom stereocenters. The van der Waals surface area contributed by atoms with Gasteiger partial charge >= 0.3 is 5.97 Å². The number of carboxylic acids is 1. The van der Waals surface area contributed by atoms with E-state index in [1.807, 2.05) is 0 Å². The second kappa shape index (κ2) is 5.54. The van der Waals surface area contributed by atoms with Gasteiger partial charge < -0.3 is 10.4 Å². The van der Waals surface area contributed by atoms with Gasteiger partial charge in [-0.1, -0.05) is 11.3 Å². The predicted octanol–water partition coefficient (Wildman–Crippen LogP) is 1.29. The molecule has 2 rings (SSSR count). The molecule has 2 aromatic heterocycles. The van der Waals surface area contributed by atoms with Gasteiger partial charge in [-0.25, -0.2) is 9.97 Å². The Bertz CT molecular complexity index is 549. The molecule has 6 nitrogen and oxygen atoms in total. The minimum atomic E-state index is -0.867. The average Bonchev–Trinajstić information content (AvgIpc) is 2.78. The number of nitrogens with one attached hydrogen (secondary N) is 1. The van der Waals surface area contributed by atoms with Gasteiger partial charge in [0.1, 0.15) is 10.3 Å². The lowest BCUT2D eigenvalue weighted by atomic mass is 10.3. The number of hydrogen-bond acceptors (Lipinski definition) is 5. The Morgan fingerprint density at radius 1 is 1.44 bits per heavy atom. The summed E-state index contributed by atoms with van der Waals surface area (Å²) in [4.78, 5) is 31.0. The number of aliphatic carboxylic acids is 1. The molecule has 0 aliphatic heterocycles. The third kappa shape index (κ3) is 3.01. The van der Waals surface area contributed by atoms with Crippen LogP contribution in [0.1, 0.15) is 22.6 Å². The van der Waals surface area contributed by atoms with Crippen LogP contribution in [0.3, 0.4) is 0 Å². The molecule has 0 spiro atoms. The topological polar surface area (TPSA) is 92.2 Å². The smallest absolute Gasteiger partial charge is 0.303 e. The lowest BCUT2D eigenvalue weighted by Crippen LogP contribution is -2.24. The number of aromatic nitrogens is 2. The van der Waals surface area contributed by atoms with Crippen molar-refractivity contribution in [2.45, 2.75) is 12.8 Å². The highest BCUT2D eigenvalue weighted by Crippen LogP contribution is 2.18. The number of carbonyl (C=O) groups is 2. The number of nitrogens with zero attached hydrogens (tertiary/aromatic N) is 2. The molecule has 0 bridgehead atoms. The molecule has 0 unspecified atom stereocenters. The fourth-order valence-electron chi connectivity index (χ4n) is 1.38. The second-order valence-corrected chi connectivity index (χ2v) is 4.58. The normalized spacial score (nSPS) is 10.4. The van der Waals surface area contributed by atoms with E-state index in [9.17, 15) is 9.59 Å². The highest BCUT2D eigenvalue weighted by atomic mass is 32.1. The van der Waals surface area contributed by atoms with Gasteiger partial charge in [0.2, 0.25) is 0 Å². The summed E-state index contributed by atoms with van der Waals surface area (Å²) in [5.41, 5.74) is 0.693. The Labute approximate surface area is 107 Å². The Kier molecular flexibility index (Phi) is 3.83. The summed E-state index contributed by atoms with van der Waals surface area (Å²) in [5.74, 6) is -1.16. The quantitative estimate of drug-likeness (QED) is 0.795. The SMILES string of the molecule is O=C(O)CCCNC(=O)c1nc2cccnc2s1. The highest BCUT2D eigenvalue weighted by molar-refractivity contribution is 7.19. The van der Waals surface area contributed by atoms with Crippen LogP contribution in [0, 0.1) is 0 Å². The first-order valence-corrected chi connectivity index (χ1v) is 6.20. The van der Waals surface area contributed by atoms with Crippen molar-refractivity contribution in [3.05, 3.63) is 23.3 Å². The zero-order chi connectivity index (χ0) is 13.0. The summed E-state index contributed by atoms with van der Waals surface area (Å²) < 4.78 is 0. The van der Waals surface area contributed by atoms with Gasteiger partial charge in [-0.3, -0.25) is 9.59 Å². The molecule has 0 radical (unpaired) electrons. The van der Waals surface area contributed by atoms with Crippen LogP contribution in [-0.2, 0) is 4.79 Å². The molecule has 0 fully saturated rings. The summed E-state index contributed by atoms with van der Waals surface area (Å²) >= 11 is 1.22. The largest absolute Gasteiger partial charge is 0.481 e. The summed E-state index contributed by atoms with van der Waals surface area (Å²) in [5, 5.41) is 11.4. The first-order valence-electron chi connectivity index (χ1n) is 5.38. The molecule has 0 saturated heterocycles. The highest BCUT2D eigenvalue weighted by Gasteiger charge is 2.11. The number of pyridine rings is 1. The molecule has 18 heavy (non-hydrogen) atoms. The number of thiazole rings is 1. The van der Waals surface area contributed by atoms with Crippen LogP contribution in [0.5, 0.6) is 0 Å². The lowest BCUT2D eigenvalue weighted by molar-refractivity contribution is -0.137. The molecule has 2 aromatic rings. The van der Waals surface area contributed by atoms with Crippen molar-refractivity contribution < 1.29 is 14.7 Å².